The Morgan fingerprint density at radius 3 is 1.55 bits per heavy atom. The fourth-order valence-electron chi connectivity index (χ4n) is 3.37. The molecule has 0 heterocycles. The van der Waals surface area contributed by atoms with E-state index in [1.54, 1.807) is 67.8 Å². The van der Waals surface area contributed by atoms with Crippen LogP contribution in [0.25, 0.3) is 0 Å². The molecule has 3 aromatic rings. The fraction of sp³-hybridized carbons (Fsp3) is 0.286. The second-order valence-electron chi connectivity index (χ2n) is 7.84. The summed E-state index contributed by atoms with van der Waals surface area (Å²) in [5.74, 6) is 0.498. The SMILES string of the molecule is CCCCCCCc1ccc(C(=O)Oc2ccc(OC(=O)c3ccc(OC)cc3)cc2)cc1. The van der Waals surface area contributed by atoms with Crippen molar-refractivity contribution in [2.75, 3.05) is 7.11 Å². The van der Waals surface area contributed by atoms with Crippen molar-refractivity contribution >= 4 is 11.9 Å². The summed E-state index contributed by atoms with van der Waals surface area (Å²) in [5, 5.41) is 0. The Kier molecular flexibility index (Phi) is 9.07. The summed E-state index contributed by atoms with van der Waals surface area (Å²) >= 11 is 0. The van der Waals surface area contributed by atoms with Crippen LogP contribution in [0.15, 0.2) is 72.8 Å². The maximum atomic E-state index is 12.4. The van der Waals surface area contributed by atoms with E-state index in [0.717, 1.165) is 6.42 Å². The van der Waals surface area contributed by atoms with E-state index >= 15 is 0 Å². The summed E-state index contributed by atoms with van der Waals surface area (Å²) in [4.78, 5) is 24.7. The van der Waals surface area contributed by atoms with Crippen LogP contribution in [0.1, 0.15) is 65.3 Å². The number of rotatable bonds is 11. The van der Waals surface area contributed by atoms with Crippen molar-refractivity contribution in [1.29, 1.82) is 0 Å². The van der Waals surface area contributed by atoms with Gasteiger partial charge < -0.3 is 14.2 Å². The number of carbonyl (C=O) groups excluding carboxylic acids is 2. The molecule has 0 fully saturated rings. The van der Waals surface area contributed by atoms with Crippen LogP contribution in [0.3, 0.4) is 0 Å². The maximum absolute atomic E-state index is 12.4. The number of carbonyl (C=O) groups is 2. The highest BCUT2D eigenvalue weighted by molar-refractivity contribution is 5.92. The summed E-state index contributed by atoms with van der Waals surface area (Å²) in [7, 11) is 1.56. The average molecular weight is 447 g/mol. The van der Waals surface area contributed by atoms with Gasteiger partial charge in [-0.2, -0.15) is 0 Å². The fourth-order valence-corrected chi connectivity index (χ4v) is 3.37. The van der Waals surface area contributed by atoms with Crippen LogP contribution in [0.2, 0.25) is 0 Å². The lowest BCUT2D eigenvalue weighted by molar-refractivity contribution is 0.0719. The quantitative estimate of drug-likeness (QED) is 0.188. The molecule has 0 unspecified atom stereocenters. The van der Waals surface area contributed by atoms with Gasteiger partial charge in [0.05, 0.1) is 18.2 Å². The van der Waals surface area contributed by atoms with Gasteiger partial charge in [-0.05, 0) is 79.1 Å². The second kappa shape index (κ2) is 12.4. The third kappa shape index (κ3) is 7.49. The van der Waals surface area contributed by atoms with Gasteiger partial charge in [0.2, 0.25) is 0 Å². The van der Waals surface area contributed by atoms with Gasteiger partial charge in [0.15, 0.2) is 0 Å². The van der Waals surface area contributed by atoms with Crippen molar-refractivity contribution in [3.63, 3.8) is 0 Å². The molecule has 5 nitrogen and oxygen atoms in total. The number of unbranched alkanes of at least 4 members (excludes halogenated alkanes) is 4. The lowest BCUT2D eigenvalue weighted by Crippen LogP contribution is -2.09. The Hall–Kier alpha value is -3.60. The van der Waals surface area contributed by atoms with Gasteiger partial charge in [0.25, 0.3) is 0 Å². The summed E-state index contributed by atoms with van der Waals surface area (Å²) < 4.78 is 15.9. The topological polar surface area (TPSA) is 61.8 Å². The van der Waals surface area contributed by atoms with Crippen molar-refractivity contribution in [2.45, 2.75) is 45.4 Å². The highest BCUT2D eigenvalue weighted by atomic mass is 16.5. The van der Waals surface area contributed by atoms with Crippen LogP contribution in [0.5, 0.6) is 17.2 Å². The molecule has 33 heavy (non-hydrogen) atoms. The molecule has 0 spiro atoms. The minimum atomic E-state index is -0.479. The molecule has 0 N–H and O–H groups in total. The molecule has 0 aliphatic carbocycles. The first kappa shape index (κ1) is 24.1. The zero-order valence-electron chi connectivity index (χ0n) is 19.2. The van der Waals surface area contributed by atoms with Crippen LogP contribution in [-0.4, -0.2) is 19.0 Å². The predicted molar refractivity (Wildman–Crippen MR) is 128 cm³/mol. The molecule has 0 aliphatic rings. The summed E-state index contributed by atoms with van der Waals surface area (Å²) in [6, 6.07) is 20.6. The molecule has 3 rings (SSSR count). The molecule has 3 aromatic carbocycles. The Bertz CT molecular complexity index is 1020. The largest absolute Gasteiger partial charge is 0.497 e. The minimum Gasteiger partial charge on any atom is -0.497 e. The normalized spacial score (nSPS) is 10.5. The van der Waals surface area contributed by atoms with Gasteiger partial charge in [-0.15, -0.1) is 0 Å². The smallest absolute Gasteiger partial charge is 0.343 e. The lowest BCUT2D eigenvalue weighted by Gasteiger charge is -2.08. The summed E-state index contributed by atoms with van der Waals surface area (Å²) in [6.45, 7) is 2.21. The van der Waals surface area contributed by atoms with Gasteiger partial charge in [-0.3, -0.25) is 0 Å². The van der Waals surface area contributed by atoms with E-state index in [9.17, 15) is 9.59 Å². The zero-order valence-corrected chi connectivity index (χ0v) is 19.2. The van der Waals surface area contributed by atoms with Crippen molar-refractivity contribution in [2.24, 2.45) is 0 Å². The molecule has 0 saturated heterocycles. The van der Waals surface area contributed by atoms with Crippen LogP contribution in [-0.2, 0) is 6.42 Å². The van der Waals surface area contributed by atoms with E-state index in [4.69, 9.17) is 14.2 Å². The van der Waals surface area contributed by atoms with Crippen LogP contribution in [0.4, 0.5) is 0 Å². The van der Waals surface area contributed by atoms with Crippen molar-refractivity contribution in [3.8, 4) is 17.2 Å². The second-order valence-corrected chi connectivity index (χ2v) is 7.84. The molecule has 0 saturated carbocycles. The van der Waals surface area contributed by atoms with Crippen LogP contribution in [0, 0.1) is 0 Å². The summed E-state index contributed by atoms with van der Waals surface area (Å²) in [6.07, 6.45) is 7.24. The maximum Gasteiger partial charge on any atom is 0.343 e. The number of hydrogen-bond acceptors (Lipinski definition) is 5. The molecule has 172 valence electrons. The highest BCUT2D eigenvalue weighted by Gasteiger charge is 2.11. The first-order valence-corrected chi connectivity index (χ1v) is 11.4. The molecule has 0 aromatic heterocycles. The van der Waals surface area contributed by atoms with Crippen LogP contribution < -0.4 is 14.2 Å². The first-order valence-electron chi connectivity index (χ1n) is 11.4. The van der Waals surface area contributed by atoms with Crippen molar-refractivity contribution in [3.05, 3.63) is 89.5 Å². The van der Waals surface area contributed by atoms with Crippen molar-refractivity contribution < 1.29 is 23.8 Å². The van der Waals surface area contributed by atoms with E-state index in [2.05, 4.69) is 6.92 Å². The number of hydrogen-bond donors (Lipinski definition) is 0. The Morgan fingerprint density at radius 1 is 0.606 bits per heavy atom. The van der Waals surface area contributed by atoms with E-state index in [1.807, 2.05) is 12.1 Å². The molecular formula is C28H30O5. The average Bonchev–Trinajstić information content (AvgIpc) is 2.85. The van der Waals surface area contributed by atoms with Gasteiger partial charge in [0, 0.05) is 0 Å². The molecule has 0 radical (unpaired) electrons. The first-order chi connectivity index (χ1) is 16.1. The highest BCUT2D eigenvalue weighted by Crippen LogP contribution is 2.21. The third-order valence-corrected chi connectivity index (χ3v) is 5.33. The van der Waals surface area contributed by atoms with Gasteiger partial charge in [-0.1, -0.05) is 44.7 Å². The molecule has 0 atom stereocenters. The minimum absolute atomic E-state index is 0.360. The number of ether oxygens (including phenoxy) is 3. The zero-order chi connectivity index (χ0) is 23.5. The monoisotopic (exact) mass is 446 g/mol. The van der Waals surface area contributed by atoms with Crippen molar-refractivity contribution in [1.82, 2.24) is 0 Å². The summed E-state index contributed by atoms with van der Waals surface area (Å²) in [5.41, 5.74) is 2.14. The van der Waals surface area contributed by atoms with E-state index in [1.165, 1.54) is 37.7 Å². The Balaban J connectivity index is 1.49. The third-order valence-electron chi connectivity index (χ3n) is 5.33. The lowest BCUT2D eigenvalue weighted by atomic mass is 10.0. The van der Waals surface area contributed by atoms with E-state index < -0.39 is 11.9 Å². The van der Waals surface area contributed by atoms with E-state index in [-0.39, 0.29) is 0 Å². The molecular weight excluding hydrogens is 416 g/mol. The molecule has 0 aliphatic heterocycles. The number of benzene rings is 3. The predicted octanol–water partition coefficient (Wildman–Crippen LogP) is 6.65. The molecule has 5 heteroatoms. The van der Waals surface area contributed by atoms with E-state index in [0.29, 0.717) is 28.4 Å². The van der Waals surface area contributed by atoms with Gasteiger partial charge in [-0.25, -0.2) is 9.59 Å². The molecule has 0 amide bonds. The van der Waals surface area contributed by atoms with Gasteiger partial charge in [0.1, 0.15) is 17.2 Å². The number of esters is 2. The Labute approximate surface area is 195 Å². The van der Waals surface area contributed by atoms with Gasteiger partial charge >= 0.3 is 11.9 Å². The molecule has 0 bridgehead atoms. The standard InChI is InChI=1S/C28H30O5/c1-3-4-5-6-7-8-21-9-11-22(12-10-21)27(29)32-25-17-19-26(20-18-25)33-28(30)23-13-15-24(31-2)16-14-23/h9-20H,3-8H2,1-2H3. The Morgan fingerprint density at radius 2 is 1.06 bits per heavy atom. The number of methoxy groups -OCH3 is 1. The number of aryl methyl sites for hydroxylation is 1. The van der Waals surface area contributed by atoms with Crippen LogP contribution >= 0.6 is 0 Å².